The SMILES string of the molecule is CN(C)c1cc(N)c2c(n1)CCC2.O=C(O)C(=O)O. The topological polar surface area (TPSA) is 117 Å². The second-order valence-corrected chi connectivity index (χ2v) is 4.35. The van der Waals surface area contributed by atoms with Crippen molar-refractivity contribution in [3.05, 3.63) is 17.3 Å². The van der Waals surface area contributed by atoms with Crippen LogP contribution in [0.5, 0.6) is 0 Å². The Bertz CT molecular complexity index is 488. The first kappa shape index (κ1) is 14.7. The maximum atomic E-state index is 9.10. The number of fused-ring (bicyclic) bond motifs is 1. The summed E-state index contributed by atoms with van der Waals surface area (Å²) in [5.41, 5.74) is 9.32. The number of carboxylic acid groups (broad SMARTS) is 2. The van der Waals surface area contributed by atoms with E-state index < -0.39 is 11.9 Å². The molecule has 0 atom stereocenters. The summed E-state index contributed by atoms with van der Waals surface area (Å²) in [4.78, 5) is 24.8. The first-order valence-corrected chi connectivity index (χ1v) is 5.74. The van der Waals surface area contributed by atoms with Crippen LogP contribution in [0.15, 0.2) is 6.07 Å². The Morgan fingerprint density at radius 3 is 2.32 bits per heavy atom. The highest BCUT2D eigenvalue weighted by Crippen LogP contribution is 2.28. The Kier molecular flexibility index (Phi) is 4.68. The molecule has 1 heterocycles. The molecule has 0 unspecified atom stereocenters. The Labute approximate surface area is 110 Å². The largest absolute Gasteiger partial charge is 0.473 e. The number of nitrogens with two attached hydrogens (primary N) is 1. The van der Waals surface area contributed by atoms with Crippen molar-refractivity contribution in [2.75, 3.05) is 24.7 Å². The highest BCUT2D eigenvalue weighted by molar-refractivity contribution is 6.27. The molecule has 2 rings (SSSR count). The number of aliphatic carboxylic acids is 2. The molecule has 1 aliphatic rings. The maximum Gasteiger partial charge on any atom is 0.414 e. The number of carbonyl (C=O) groups is 2. The van der Waals surface area contributed by atoms with Crippen molar-refractivity contribution in [1.82, 2.24) is 4.98 Å². The number of rotatable bonds is 1. The van der Waals surface area contributed by atoms with Gasteiger partial charge in [-0.1, -0.05) is 0 Å². The van der Waals surface area contributed by atoms with Crippen LogP contribution in [0.25, 0.3) is 0 Å². The van der Waals surface area contributed by atoms with E-state index in [1.54, 1.807) is 0 Å². The van der Waals surface area contributed by atoms with E-state index in [-0.39, 0.29) is 0 Å². The van der Waals surface area contributed by atoms with E-state index in [2.05, 4.69) is 4.98 Å². The third-order valence-corrected chi connectivity index (χ3v) is 2.71. The van der Waals surface area contributed by atoms with E-state index in [1.165, 1.54) is 17.7 Å². The van der Waals surface area contributed by atoms with Gasteiger partial charge in [-0.25, -0.2) is 14.6 Å². The highest BCUT2D eigenvalue weighted by Gasteiger charge is 2.16. The third kappa shape index (κ3) is 3.84. The number of carboxylic acids is 2. The van der Waals surface area contributed by atoms with Crippen molar-refractivity contribution in [1.29, 1.82) is 0 Å². The van der Waals surface area contributed by atoms with Gasteiger partial charge in [0.15, 0.2) is 0 Å². The minimum absolute atomic E-state index is 0.909. The highest BCUT2D eigenvalue weighted by atomic mass is 16.4. The van der Waals surface area contributed by atoms with Crippen molar-refractivity contribution in [2.45, 2.75) is 19.3 Å². The molecule has 0 saturated heterocycles. The number of hydrogen-bond acceptors (Lipinski definition) is 5. The Hall–Kier alpha value is -2.31. The molecule has 1 aliphatic carbocycles. The number of aryl methyl sites for hydroxylation is 1. The van der Waals surface area contributed by atoms with Crippen LogP contribution >= 0.6 is 0 Å². The zero-order chi connectivity index (χ0) is 14.6. The smallest absolute Gasteiger partial charge is 0.414 e. The lowest BCUT2D eigenvalue weighted by atomic mass is 10.2. The molecule has 4 N–H and O–H groups in total. The molecule has 0 saturated carbocycles. The minimum Gasteiger partial charge on any atom is -0.473 e. The molecule has 1 aromatic rings. The van der Waals surface area contributed by atoms with Crippen LogP contribution in [0, 0.1) is 0 Å². The molecule has 0 amide bonds. The van der Waals surface area contributed by atoms with E-state index in [0.717, 1.165) is 24.3 Å². The molecule has 0 fully saturated rings. The summed E-state index contributed by atoms with van der Waals surface area (Å²) in [6.07, 6.45) is 3.38. The summed E-state index contributed by atoms with van der Waals surface area (Å²) in [6.45, 7) is 0. The zero-order valence-electron chi connectivity index (χ0n) is 10.9. The molecule has 0 bridgehead atoms. The molecular formula is C12H17N3O4. The number of aromatic nitrogens is 1. The van der Waals surface area contributed by atoms with Gasteiger partial charge < -0.3 is 20.8 Å². The molecule has 104 valence electrons. The molecule has 7 nitrogen and oxygen atoms in total. The lowest BCUT2D eigenvalue weighted by Crippen LogP contribution is -2.12. The van der Waals surface area contributed by atoms with Crippen molar-refractivity contribution in [3.63, 3.8) is 0 Å². The fraction of sp³-hybridized carbons (Fsp3) is 0.417. The van der Waals surface area contributed by atoms with Crippen LogP contribution in [0.3, 0.4) is 0 Å². The summed E-state index contributed by atoms with van der Waals surface area (Å²) >= 11 is 0. The van der Waals surface area contributed by atoms with E-state index in [4.69, 9.17) is 25.5 Å². The summed E-state index contributed by atoms with van der Waals surface area (Å²) in [7, 11) is 3.98. The van der Waals surface area contributed by atoms with Gasteiger partial charge >= 0.3 is 11.9 Å². The molecule has 1 aromatic heterocycles. The van der Waals surface area contributed by atoms with Crippen LogP contribution in [-0.4, -0.2) is 41.2 Å². The Balaban J connectivity index is 0.000000258. The van der Waals surface area contributed by atoms with Gasteiger partial charge in [0, 0.05) is 31.5 Å². The zero-order valence-corrected chi connectivity index (χ0v) is 10.9. The molecular weight excluding hydrogens is 250 g/mol. The van der Waals surface area contributed by atoms with E-state index in [9.17, 15) is 0 Å². The van der Waals surface area contributed by atoms with E-state index >= 15 is 0 Å². The molecule has 7 heteroatoms. The van der Waals surface area contributed by atoms with Gasteiger partial charge in [0.1, 0.15) is 5.82 Å². The van der Waals surface area contributed by atoms with Gasteiger partial charge in [-0.2, -0.15) is 0 Å². The third-order valence-electron chi connectivity index (χ3n) is 2.71. The van der Waals surface area contributed by atoms with Gasteiger partial charge in [0.2, 0.25) is 0 Å². The summed E-state index contributed by atoms with van der Waals surface area (Å²) in [5.74, 6) is -2.68. The van der Waals surface area contributed by atoms with Crippen molar-refractivity contribution < 1.29 is 19.8 Å². The monoisotopic (exact) mass is 267 g/mol. The second kappa shape index (κ2) is 6.03. The summed E-state index contributed by atoms with van der Waals surface area (Å²) in [5, 5.41) is 14.8. The second-order valence-electron chi connectivity index (χ2n) is 4.35. The van der Waals surface area contributed by atoms with Crippen molar-refractivity contribution in [3.8, 4) is 0 Å². The lowest BCUT2D eigenvalue weighted by Gasteiger charge is -2.14. The van der Waals surface area contributed by atoms with Crippen LogP contribution < -0.4 is 10.6 Å². The normalized spacial score (nSPS) is 12.1. The van der Waals surface area contributed by atoms with Gasteiger partial charge in [0.25, 0.3) is 0 Å². The fourth-order valence-corrected chi connectivity index (χ4v) is 1.79. The van der Waals surface area contributed by atoms with Crippen LogP contribution in [0.4, 0.5) is 11.5 Å². The molecule has 19 heavy (non-hydrogen) atoms. The lowest BCUT2D eigenvalue weighted by molar-refractivity contribution is -0.159. The van der Waals surface area contributed by atoms with E-state index in [0.29, 0.717) is 0 Å². The summed E-state index contributed by atoms with van der Waals surface area (Å²) in [6, 6.07) is 1.96. The first-order valence-electron chi connectivity index (χ1n) is 5.74. The fourth-order valence-electron chi connectivity index (χ4n) is 1.79. The summed E-state index contributed by atoms with van der Waals surface area (Å²) < 4.78 is 0. The number of nitrogen functional groups attached to an aromatic ring is 1. The molecule has 0 spiro atoms. The van der Waals surface area contributed by atoms with Crippen molar-refractivity contribution in [2.24, 2.45) is 0 Å². The first-order chi connectivity index (χ1) is 8.82. The van der Waals surface area contributed by atoms with Crippen molar-refractivity contribution >= 4 is 23.4 Å². The predicted molar refractivity (Wildman–Crippen MR) is 70.3 cm³/mol. The van der Waals surface area contributed by atoms with Gasteiger partial charge in [-0.3, -0.25) is 0 Å². The van der Waals surface area contributed by atoms with E-state index in [1.807, 2.05) is 25.1 Å². The standard InChI is InChI=1S/C10H15N3.C2H2O4/c1-13(2)10-6-8(11)7-4-3-5-9(7)12-10;3-1(4)2(5)6/h6H,3-5H2,1-2H3,(H2,11,12);(H,3,4)(H,5,6). The van der Waals surface area contributed by atoms with Gasteiger partial charge in [0.05, 0.1) is 0 Å². The number of anilines is 2. The van der Waals surface area contributed by atoms with Gasteiger partial charge in [-0.05, 0) is 24.8 Å². The van der Waals surface area contributed by atoms with Crippen LogP contribution in [0.2, 0.25) is 0 Å². The number of nitrogens with zero attached hydrogens (tertiary/aromatic N) is 2. The number of pyridine rings is 1. The Morgan fingerprint density at radius 1 is 1.26 bits per heavy atom. The quantitative estimate of drug-likeness (QED) is 0.629. The van der Waals surface area contributed by atoms with Crippen LogP contribution in [0.1, 0.15) is 17.7 Å². The number of hydrogen-bond donors (Lipinski definition) is 3. The maximum absolute atomic E-state index is 9.10. The van der Waals surface area contributed by atoms with Gasteiger partial charge in [-0.15, -0.1) is 0 Å². The molecule has 0 radical (unpaired) electrons. The van der Waals surface area contributed by atoms with Crippen LogP contribution in [-0.2, 0) is 22.4 Å². The molecule has 0 aliphatic heterocycles. The molecule has 0 aromatic carbocycles. The average Bonchev–Trinajstić information content (AvgIpc) is 2.78. The Morgan fingerprint density at radius 2 is 1.84 bits per heavy atom. The minimum atomic E-state index is -1.82. The average molecular weight is 267 g/mol. The predicted octanol–water partition coefficient (Wildman–Crippen LogP) is 0.374.